The van der Waals surface area contributed by atoms with E-state index < -0.39 is 18.0 Å². The fraction of sp³-hybridized carbons (Fsp3) is 0.259. The van der Waals surface area contributed by atoms with E-state index in [1.165, 1.54) is 35.5 Å². The minimum absolute atomic E-state index is 0.246. The molecule has 1 aromatic heterocycles. The van der Waals surface area contributed by atoms with Crippen molar-refractivity contribution < 1.29 is 19.1 Å². The Morgan fingerprint density at radius 3 is 2.31 bits per heavy atom. The number of thiazole rings is 1. The summed E-state index contributed by atoms with van der Waals surface area (Å²) in [4.78, 5) is 42.7. The molecule has 0 radical (unpaired) electrons. The standard InChI is InChI=1S/C27H26N2O5S/c1-15(2)19-8-6-18(7-9-19)14-22-25(31)29-24(20-10-12-21(13-11-20)34-17(4)30)23(26(32)33-5)16(3)28-27(29)35-22/h6-15,24H,1-5H3/t24-/m0/s1. The van der Waals surface area contributed by atoms with Gasteiger partial charge in [0.15, 0.2) is 4.80 Å². The lowest BCUT2D eigenvalue weighted by molar-refractivity contribution is -0.136. The third-order valence-electron chi connectivity index (χ3n) is 5.79. The van der Waals surface area contributed by atoms with Crippen molar-refractivity contribution >= 4 is 29.4 Å². The van der Waals surface area contributed by atoms with Crippen molar-refractivity contribution in [3.63, 3.8) is 0 Å². The SMILES string of the molecule is COC(=O)C1=C(C)N=c2sc(=Cc3ccc(C(C)C)cc3)c(=O)n2[C@H]1c1ccc(OC(C)=O)cc1. The van der Waals surface area contributed by atoms with Crippen molar-refractivity contribution in [1.82, 2.24) is 4.57 Å². The van der Waals surface area contributed by atoms with Gasteiger partial charge in [0.2, 0.25) is 0 Å². The lowest BCUT2D eigenvalue weighted by Crippen LogP contribution is -2.39. The van der Waals surface area contributed by atoms with Gasteiger partial charge in [0, 0.05) is 6.92 Å². The van der Waals surface area contributed by atoms with E-state index in [4.69, 9.17) is 9.47 Å². The summed E-state index contributed by atoms with van der Waals surface area (Å²) in [6.07, 6.45) is 1.84. The van der Waals surface area contributed by atoms with Crippen molar-refractivity contribution in [3.8, 4) is 5.75 Å². The molecule has 0 aliphatic carbocycles. The highest BCUT2D eigenvalue weighted by molar-refractivity contribution is 7.07. The molecule has 4 rings (SSSR count). The Bertz CT molecular complexity index is 1490. The minimum atomic E-state index is -0.726. The van der Waals surface area contributed by atoms with Crippen LogP contribution in [0.1, 0.15) is 56.3 Å². The van der Waals surface area contributed by atoms with Crippen molar-refractivity contribution in [3.05, 3.63) is 96.2 Å². The minimum Gasteiger partial charge on any atom is -0.466 e. The molecule has 0 saturated carbocycles. The lowest BCUT2D eigenvalue weighted by atomic mass is 9.96. The molecule has 1 atom stereocenters. The molecule has 1 aliphatic rings. The Labute approximate surface area is 206 Å². The van der Waals surface area contributed by atoms with Gasteiger partial charge in [-0.3, -0.25) is 14.2 Å². The van der Waals surface area contributed by atoms with Gasteiger partial charge >= 0.3 is 11.9 Å². The number of carbonyl (C=O) groups excluding carboxylic acids is 2. The highest BCUT2D eigenvalue weighted by Crippen LogP contribution is 2.31. The molecule has 2 heterocycles. The molecule has 8 heteroatoms. The van der Waals surface area contributed by atoms with Crippen LogP contribution < -0.4 is 19.6 Å². The van der Waals surface area contributed by atoms with Gasteiger partial charge in [0.05, 0.1) is 29.0 Å². The van der Waals surface area contributed by atoms with Crippen LogP contribution in [0.2, 0.25) is 0 Å². The van der Waals surface area contributed by atoms with Crippen LogP contribution in [-0.4, -0.2) is 23.6 Å². The molecule has 0 saturated heterocycles. The number of hydrogen-bond donors (Lipinski definition) is 0. The maximum Gasteiger partial charge on any atom is 0.338 e. The second-order valence-corrected chi connectivity index (χ2v) is 9.57. The molecule has 0 unspecified atom stereocenters. The van der Waals surface area contributed by atoms with Crippen LogP contribution in [0.25, 0.3) is 6.08 Å². The topological polar surface area (TPSA) is 87.0 Å². The number of aromatic nitrogens is 1. The summed E-state index contributed by atoms with van der Waals surface area (Å²) in [5.41, 5.74) is 3.33. The molecule has 0 spiro atoms. The first kappa shape index (κ1) is 24.3. The van der Waals surface area contributed by atoms with Crippen molar-refractivity contribution in [2.75, 3.05) is 7.11 Å². The number of ether oxygens (including phenoxy) is 2. The smallest absolute Gasteiger partial charge is 0.338 e. The summed E-state index contributed by atoms with van der Waals surface area (Å²) in [6.45, 7) is 7.32. The quantitative estimate of drug-likeness (QED) is 0.404. The Hall–Kier alpha value is -3.78. The Balaban J connectivity index is 1.86. The zero-order valence-corrected chi connectivity index (χ0v) is 21.0. The molecular formula is C27H26N2O5S. The zero-order chi connectivity index (χ0) is 25.3. The predicted octanol–water partition coefficient (Wildman–Crippen LogP) is 3.46. The molecule has 2 aromatic carbocycles. The van der Waals surface area contributed by atoms with Gasteiger partial charge in [-0.25, -0.2) is 9.79 Å². The average Bonchev–Trinajstić information content (AvgIpc) is 3.12. The van der Waals surface area contributed by atoms with E-state index >= 15 is 0 Å². The molecule has 0 bridgehead atoms. The average molecular weight is 491 g/mol. The van der Waals surface area contributed by atoms with Crippen molar-refractivity contribution in [1.29, 1.82) is 0 Å². The summed E-state index contributed by atoms with van der Waals surface area (Å²) in [5, 5.41) is 0. The van der Waals surface area contributed by atoms with Gasteiger partial charge in [-0.1, -0.05) is 61.6 Å². The summed E-state index contributed by atoms with van der Waals surface area (Å²) in [5.74, 6) is -0.197. The van der Waals surface area contributed by atoms with Crippen LogP contribution in [0.4, 0.5) is 0 Å². The highest BCUT2D eigenvalue weighted by Gasteiger charge is 2.33. The summed E-state index contributed by atoms with van der Waals surface area (Å²) >= 11 is 1.27. The van der Waals surface area contributed by atoms with Crippen LogP contribution in [0.3, 0.4) is 0 Å². The molecule has 0 N–H and O–H groups in total. The number of rotatable bonds is 5. The maximum absolute atomic E-state index is 13.6. The summed E-state index contributed by atoms with van der Waals surface area (Å²) in [7, 11) is 1.30. The van der Waals surface area contributed by atoms with E-state index in [9.17, 15) is 14.4 Å². The number of carbonyl (C=O) groups is 2. The Morgan fingerprint density at radius 1 is 1.09 bits per heavy atom. The van der Waals surface area contributed by atoms with Crippen molar-refractivity contribution in [2.24, 2.45) is 4.99 Å². The number of benzene rings is 2. The molecule has 3 aromatic rings. The molecule has 7 nitrogen and oxygen atoms in total. The number of hydrogen-bond acceptors (Lipinski definition) is 7. The first-order chi connectivity index (χ1) is 16.7. The van der Waals surface area contributed by atoms with Gasteiger partial charge in [-0.2, -0.15) is 0 Å². The van der Waals surface area contributed by atoms with Gasteiger partial charge < -0.3 is 9.47 Å². The number of methoxy groups -OCH3 is 1. The van der Waals surface area contributed by atoms with Gasteiger partial charge in [0.1, 0.15) is 5.75 Å². The van der Waals surface area contributed by atoms with Crippen LogP contribution in [0, 0.1) is 0 Å². The first-order valence-corrected chi connectivity index (χ1v) is 12.0. The predicted molar refractivity (Wildman–Crippen MR) is 134 cm³/mol. The fourth-order valence-electron chi connectivity index (χ4n) is 4.02. The summed E-state index contributed by atoms with van der Waals surface area (Å²) < 4.78 is 12.2. The van der Waals surface area contributed by atoms with Crippen LogP contribution in [0.5, 0.6) is 5.75 Å². The lowest BCUT2D eigenvalue weighted by Gasteiger charge is -2.24. The largest absolute Gasteiger partial charge is 0.466 e. The highest BCUT2D eigenvalue weighted by atomic mass is 32.1. The van der Waals surface area contributed by atoms with Gasteiger partial charge in [0.25, 0.3) is 5.56 Å². The van der Waals surface area contributed by atoms with Gasteiger partial charge in [-0.05, 0) is 47.7 Å². The van der Waals surface area contributed by atoms with E-state index in [2.05, 4.69) is 31.0 Å². The second-order valence-electron chi connectivity index (χ2n) is 8.56. The third-order valence-corrected chi connectivity index (χ3v) is 6.77. The molecule has 180 valence electrons. The number of esters is 2. The van der Waals surface area contributed by atoms with E-state index in [0.29, 0.717) is 32.3 Å². The normalized spacial score (nSPS) is 15.6. The molecular weight excluding hydrogens is 464 g/mol. The van der Waals surface area contributed by atoms with E-state index in [0.717, 1.165) is 5.56 Å². The number of fused-ring (bicyclic) bond motifs is 1. The molecule has 1 aliphatic heterocycles. The zero-order valence-electron chi connectivity index (χ0n) is 20.2. The molecule has 0 amide bonds. The van der Waals surface area contributed by atoms with E-state index in [1.54, 1.807) is 31.2 Å². The van der Waals surface area contributed by atoms with E-state index in [1.807, 2.05) is 18.2 Å². The fourth-order valence-corrected chi connectivity index (χ4v) is 5.07. The number of nitrogens with zero attached hydrogens (tertiary/aromatic N) is 2. The van der Waals surface area contributed by atoms with E-state index in [-0.39, 0.29) is 11.1 Å². The van der Waals surface area contributed by atoms with Crippen molar-refractivity contribution in [2.45, 2.75) is 39.7 Å². The molecule has 0 fully saturated rings. The van der Waals surface area contributed by atoms with Gasteiger partial charge in [-0.15, -0.1) is 0 Å². The first-order valence-electron chi connectivity index (χ1n) is 11.2. The van der Waals surface area contributed by atoms with Crippen LogP contribution in [-0.2, 0) is 14.3 Å². The Kier molecular flexibility index (Phi) is 6.84. The maximum atomic E-state index is 13.6. The second kappa shape index (κ2) is 9.84. The Morgan fingerprint density at radius 2 is 1.74 bits per heavy atom. The van der Waals surface area contributed by atoms with Crippen LogP contribution in [0.15, 0.2) is 69.6 Å². The molecule has 35 heavy (non-hydrogen) atoms. The third kappa shape index (κ3) is 4.88. The number of allylic oxidation sites excluding steroid dienone is 1. The van der Waals surface area contributed by atoms with Crippen LogP contribution >= 0.6 is 11.3 Å². The summed E-state index contributed by atoms with van der Waals surface area (Å²) in [6, 6.07) is 14.1. The monoisotopic (exact) mass is 490 g/mol.